The number of benzene rings is 1. The molecule has 1 N–H and O–H groups in total. The molecule has 2 fully saturated rings. The van der Waals surface area contributed by atoms with Crippen molar-refractivity contribution in [3.05, 3.63) is 48.6 Å². The Morgan fingerprint density at radius 2 is 1.84 bits per heavy atom. The van der Waals surface area contributed by atoms with Crippen LogP contribution in [0.5, 0.6) is 5.75 Å². The molecule has 5 rings (SSSR count). The number of nitrogens with zero attached hydrogens (tertiary/aromatic N) is 2. The lowest BCUT2D eigenvalue weighted by molar-refractivity contribution is -0.161. The average molecular weight is 525 g/mol. The number of allylic oxidation sites excluding steroid dienone is 1. The minimum absolute atomic E-state index is 0.259. The Kier molecular flexibility index (Phi) is 7.09. The summed E-state index contributed by atoms with van der Waals surface area (Å²) in [5.41, 5.74) is -1.83. The number of hydrogen-bond donors (Lipinski definition) is 1. The second-order valence-electron chi connectivity index (χ2n) is 10.4. The molecule has 0 aromatic heterocycles. The lowest BCUT2D eigenvalue weighted by Crippen LogP contribution is -2.59. The van der Waals surface area contributed by atoms with Crippen molar-refractivity contribution < 1.29 is 33.7 Å². The predicted molar refractivity (Wildman–Crippen MR) is 139 cm³/mol. The molecule has 1 unspecified atom stereocenters. The number of methoxy groups -OCH3 is 1. The molecule has 0 bridgehead atoms. The Labute approximate surface area is 223 Å². The van der Waals surface area contributed by atoms with E-state index in [4.69, 9.17) is 14.2 Å². The van der Waals surface area contributed by atoms with Gasteiger partial charge in [-0.1, -0.05) is 38.2 Å². The van der Waals surface area contributed by atoms with Gasteiger partial charge in [-0.25, -0.2) is 0 Å². The fraction of sp³-hybridized carbons (Fsp3) is 0.552. The van der Waals surface area contributed by atoms with Crippen molar-refractivity contribution in [2.24, 2.45) is 11.8 Å². The van der Waals surface area contributed by atoms with Crippen LogP contribution in [0.4, 0.5) is 5.69 Å². The van der Waals surface area contributed by atoms with Crippen molar-refractivity contribution in [1.29, 1.82) is 0 Å². The molecular weight excluding hydrogens is 488 g/mol. The number of carbonyl (C=O) groups is 3. The number of cyclic esters (lactones) is 1. The van der Waals surface area contributed by atoms with Crippen LogP contribution in [0.25, 0.3) is 0 Å². The summed E-state index contributed by atoms with van der Waals surface area (Å²) >= 11 is 0. The number of aliphatic hydroxyl groups excluding tert-OH is 1. The second kappa shape index (κ2) is 10.2. The normalized spacial score (nSPS) is 34.3. The molecule has 1 aromatic rings. The summed E-state index contributed by atoms with van der Waals surface area (Å²) in [5, 5.41) is 10.3. The Bertz CT molecular complexity index is 1140. The van der Waals surface area contributed by atoms with E-state index in [-0.39, 0.29) is 31.6 Å². The van der Waals surface area contributed by atoms with Crippen LogP contribution in [0.1, 0.15) is 39.5 Å². The number of likely N-dealkylation sites (tertiary alicyclic amines) is 1. The van der Waals surface area contributed by atoms with Crippen molar-refractivity contribution in [1.82, 2.24) is 4.90 Å². The van der Waals surface area contributed by atoms with E-state index in [9.17, 15) is 19.5 Å². The number of aliphatic hydroxyl groups is 1. The molecule has 1 spiro atoms. The zero-order chi connectivity index (χ0) is 27.1. The number of esters is 1. The fourth-order valence-corrected chi connectivity index (χ4v) is 6.62. The highest BCUT2D eigenvalue weighted by molar-refractivity contribution is 6.05. The largest absolute Gasteiger partial charge is 0.497 e. The summed E-state index contributed by atoms with van der Waals surface area (Å²) in [6.07, 6.45) is 9.82. The van der Waals surface area contributed by atoms with Crippen molar-refractivity contribution in [3.63, 3.8) is 0 Å². The summed E-state index contributed by atoms with van der Waals surface area (Å²) < 4.78 is 17.8. The molecule has 4 aliphatic rings. The lowest BCUT2D eigenvalue weighted by atomic mass is 9.73. The molecule has 0 radical (unpaired) electrons. The SMILES string of the molecule is CC[C@@H](CO)N1C(=O)[C@@H]2[C@H]3C(=O)OCCC/C=C\[C@@]3(CC)O[C@@]23C=CCN(c2ccc(OC)cc2)C(=O)C13. The Morgan fingerprint density at radius 3 is 2.50 bits per heavy atom. The van der Waals surface area contributed by atoms with Gasteiger partial charge in [0.15, 0.2) is 0 Å². The van der Waals surface area contributed by atoms with Crippen molar-refractivity contribution in [2.75, 3.05) is 31.8 Å². The summed E-state index contributed by atoms with van der Waals surface area (Å²) in [5.74, 6) is -2.38. The van der Waals surface area contributed by atoms with E-state index >= 15 is 0 Å². The van der Waals surface area contributed by atoms with Crippen LogP contribution < -0.4 is 9.64 Å². The van der Waals surface area contributed by atoms with Crippen molar-refractivity contribution >= 4 is 23.5 Å². The van der Waals surface area contributed by atoms with Gasteiger partial charge in [0.1, 0.15) is 28.9 Å². The molecular formula is C29H36N2O7. The van der Waals surface area contributed by atoms with E-state index in [1.807, 2.05) is 38.2 Å². The van der Waals surface area contributed by atoms with Gasteiger partial charge < -0.3 is 29.1 Å². The molecule has 2 saturated heterocycles. The Morgan fingerprint density at radius 1 is 1.08 bits per heavy atom. The molecule has 4 aliphatic heterocycles. The Balaban J connectivity index is 1.67. The molecule has 1 aromatic carbocycles. The molecule has 204 valence electrons. The smallest absolute Gasteiger partial charge is 0.313 e. The minimum atomic E-state index is -1.39. The Hall–Kier alpha value is -3.17. The van der Waals surface area contributed by atoms with E-state index in [1.54, 1.807) is 36.3 Å². The first kappa shape index (κ1) is 26.4. The van der Waals surface area contributed by atoms with E-state index < -0.39 is 41.1 Å². The van der Waals surface area contributed by atoms with Crippen LogP contribution in [-0.2, 0) is 23.9 Å². The van der Waals surface area contributed by atoms with Crippen LogP contribution in [0, 0.1) is 11.8 Å². The van der Waals surface area contributed by atoms with Crippen LogP contribution in [-0.4, -0.2) is 77.9 Å². The van der Waals surface area contributed by atoms with E-state index in [0.29, 0.717) is 37.1 Å². The van der Waals surface area contributed by atoms with Crippen molar-refractivity contribution in [2.45, 2.75) is 62.8 Å². The predicted octanol–water partition coefficient (Wildman–Crippen LogP) is 2.62. The minimum Gasteiger partial charge on any atom is -0.497 e. The van der Waals surface area contributed by atoms with Crippen LogP contribution >= 0.6 is 0 Å². The first-order valence-corrected chi connectivity index (χ1v) is 13.5. The van der Waals surface area contributed by atoms with Gasteiger partial charge in [-0.2, -0.15) is 0 Å². The fourth-order valence-electron chi connectivity index (χ4n) is 6.62. The number of fused-ring (bicyclic) bond motifs is 2. The first-order chi connectivity index (χ1) is 18.4. The highest BCUT2D eigenvalue weighted by atomic mass is 16.6. The van der Waals surface area contributed by atoms with E-state index in [1.165, 1.54) is 4.90 Å². The van der Waals surface area contributed by atoms with E-state index in [2.05, 4.69) is 0 Å². The lowest BCUT2D eigenvalue weighted by Gasteiger charge is -2.40. The molecule has 2 amide bonds. The van der Waals surface area contributed by atoms with Gasteiger partial charge >= 0.3 is 5.97 Å². The van der Waals surface area contributed by atoms with Crippen LogP contribution in [0.2, 0.25) is 0 Å². The van der Waals surface area contributed by atoms with Gasteiger partial charge in [-0.3, -0.25) is 14.4 Å². The third-order valence-corrected chi connectivity index (χ3v) is 8.53. The summed E-state index contributed by atoms with van der Waals surface area (Å²) in [7, 11) is 1.58. The van der Waals surface area contributed by atoms with Crippen molar-refractivity contribution in [3.8, 4) is 5.75 Å². The van der Waals surface area contributed by atoms with Gasteiger partial charge in [-0.15, -0.1) is 0 Å². The second-order valence-corrected chi connectivity index (χ2v) is 10.4. The van der Waals surface area contributed by atoms with Gasteiger partial charge in [0.05, 0.1) is 32.3 Å². The van der Waals surface area contributed by atoms with Crippen LogP contribution in [0.3, 0.4) is 0 Å². The standard InChI is InChI=1S/C29H36N2O7/c1-4-19(18-32)31-24-26(34)30(20-10-12-21(36-3)13-11-20)16-9-15-29(24)22(25(31)33)23-27(35)37-17-8-6-7-14-28(23,5-2)38-29/h7,9-15,19,22-24,32H,4-6,8,16-18H2,1-3H3/b14-7-/t19-,22-,23-,24?,28+,29-/m0/s1. The van der Waals surface area contributed by atoms with Gasteiger partial charge in [0, 0.05) is 12.2 Å². The van der Waals surface area contributed by atoms with Crippen LogP contribution in [0.15, 0.2) is 48.6 Å². The zero-order valence-corrected chi connectivity index (χ0v) is 22.2. The number of carbonyl (C=O) groups excluding carboxylic acids is 3. The topological polar surface area (TPSA) is 106 Å². The molecule has 38 heavy (non-hydrogen) atoms. The number of amides is 2. The van der Waals surface area contributed by atoms with Gasteiger partial charge in [-0.05, 0) is 49.9 Å². The molecule has 9 heteroatoms. The molecule has 0 saturated carbocycles. The summed E-state index contributed by atoms with van der Waals surface area (Å²) in [6.45, 7) is 4.00. The van der Waals surface area contributed by atoms with Gasteiger partial charge in [0.2, 0.25) is 5.91 Å². The number of rotatable bonds is 6. The molecule has 9 nitrogen and oxygen atoms in total. The number of ether oxygens (including phenoxy) is 3. The third kappa shape index (κ3) is 3.86. The highest BCUT2D eigenvalue weighted by Gasteiger charge is 2.75. The average Bonchev–Trinajstić information content (AvgIpc) is 3.31. The third-order valence-electron chi connectivity index (χ3n) is 8.53. The summed E-state index contributed by atoms with van der Waals surface area (Å²) in [4.78, 5) is 45.4. The molecule has 4 heterocycles. The molecule has 6 atom stereocenters. The van der Waals surface area contributed by atoms with E-state index in [0.717, 1.165) is 0 Å². The quantitative estimate of drug-likeness (QED) is 0.451. The highest BCUT2D eigenvalue weighted by Crippen LogP contribution is 2.58. The zero-order valence-electron chi connectivity index (χ0n) is 22.2. The van der Waals surface area contributed by atoms with Gasteiger partial charge in [0.25, 0.3) is 5.91 Å². The maximum absolute atomic E-state index is 14.4. The maximum Gasteiger partial charge on any atom is 0.313 e. The number of hydrogen-bond acceptors (Lipinski definition) is 7. The maximum atomic E-state index is 14.4. The summed E-state index contributed by atoms with van der Waals surface area (Å²) in [6, 6.07) is 5.48. The first-order valence-electron chi connectivity index (χ1n) is 13.5. The monoisotopic (exact) mass is 524 g/mol. The number of anilines is 1. The molecule has 0 aliphatic carbocycles.